The predicted octanol–water partition coefficient (Wildman–Crippen LogP) is 7.22. The fraction of sp³-hybridized carbons (Fsp3) is 0.667. The lowest BCUT2D eigenvalue weighted by Crippen LogP contribution is -2.38. The Morgan fingerprint density at radius 2 is 1.90 bits per heavy atom. The first-order valence-electron chi connectivity index (χ1n) is 11.4. The van der Waals surface area contributed by atoms with E-state index in [1.54, 1.807) is 16.7 Å². The molecule has 0 bridgehead atoms. The van der Waals surface area contributed by atoms with Crippen LogP contribution in [0.3, 0.4) is 0 Å². The van der Waals surface area contributed by atoms with E-state index in [1.807, 2.05) is 30.3 Å². The van der Waals surface area contributed by atoms with Crippen molar-refractivity contribution in [2.75, 3.05) is 11.6 Å². The number of hydrogen-bond acceptors (Lipinski definition) is 4. The second-order valence-corrected chi connectivity index (χ2v) is 10.1. The van der Waals surface area contributed by atoms with Crippen molar-refractivity contribution in [3.8, 4) is 0 Å². The summed E-state index contributed by atoms with van der Waals surface area (Å²) in [6.45, 7) is 6.76. The molecule has 168 valence electrons. The maximum atomic E-state index is 13.3. The summed E-state index contributed by atoms with van der Waals surface area (Å²) in [4.78, 5) is 20.5. The van der Waals surface area contributed by atoms with Gasteiger partial charge in [-0.2, -0.15) is 0 Å². The van der Waals surface area contributed by atoms with E-state index in [-0.39, 0.29) is 12.6 Å². The molecule has 1 aromatic rings. The lowest BCUT2D eigenvalue weighted by molar-refractivity contribution is -0.118. The highest BCUT2D eigenvalue weighted by Crippen LogP contribution is 2.34. The van der Waals surface area contributed by atoms with Crippen LogP contribution in [0.15, 0.2) is 35.5 Å². The van der Waals surface area contributed by atoms with Gasteiger partial charge in [0.2, 0.25) is 0 Å². The van der Waals surface area contributed by atoms with Gasteiger partial charge in [-0.05, 0) is 50.2 Å². The summed E-state index contributed by atoms with van der Waals surface area (Å²) in [5, 5.41) is 4.64. The van der Waals surface area contributed by atoms with E-state index in [0.717, 1.165) is 37.1 Å². The van der Waals surface area contributed by atoms with Crippen LogP contribution in [0.25, 0.3) is 0 Å². The first-order valence-corrected chi connectivity index (χ1v) is 12.8. The number of anilines is 1. The minimum Gasteiger partial charge on any atom is -0.373 e. The minimum atomic E-state index is -0.645. The number of rotatable bonds is 13. The van der Waals surface area contributed by atoms with E-state index in [9.17, 15) is 4.79 Å². The lowest BCUT2D eigenvalue weighted by Gasteiger charge is -2.28. The van der Waals surface area contributed by atoms with Crippen molar-refractivity contribution in [3.63, 3.8) is 0 Å². The average Bonchev–Trinajstić information content (AvgIpc) is 3.29. The highest BCUT2D eigenvalue weighted by Gasteiger charge is 2.29. The molecular weight excluding hydrogens is 416 g/mol. The van der Waals surface area contributed by atoms with E-state index < -0.39 is 4.71 Å². The number of unbranched alkanes of at least 4 members (excludes halogenated alkanes) is 2. The van der Waals surface area contributed by atoms with Crippen molar-refractivity contribution >= 4 is 40.7 Å². The Labute approximate surface area is 191 Å². The number of benzene rings is 1. The number of para-hydroxylation sites is 1. The summed E-state index contributed by atoms with van der Waals surface area (Å²) in [6.07, 6.45) is 10.1. The van der Waals surface area contributed by atoms with Crippen LogP contribution in [0.4, 0.5) is 5.69 Å². The van der Waals surface area contributed by atoms with Crippen molar-refractivity contribution in [2.24, 2.45) is 11.1 Å². The Bertz CT molecular complexity index is 648. The molecule has 1 aliphatic carbocycles. The van der Waals surface area contributed by atoms with Gasteiger partial charge in [-0.1, -0.05) is 69.8 Å². The van der Waals surface area contributed by atoms with Crippen molar-refractivity contribution in [2.45, 2.75) is 88.5 Å². The number of carbonyl (C=O) groups excluding carboxylic acids is 1. The van der Waals surface area contributed by atoms with Gasteiger partial charge in [-0.3, -0.25) is 9.69 Å². The van der Waals surface area contributed by atoms with Gasteiger partial charge in [0.05, 0.1) is 5.71 Å². The summed E-state index contributed by atoms with van der Waals surface area (Å²) in [6, 6.07) is 9.59. The number of carbonyl (C=O) groups is 1. The van der Waals surface area contributed by atoms with E-state index in [1.165, 1.54) is 32.1 Å². The Balaban J connectivity index is 2.05. The molecule has 0 aliphatic heterocycles. The van der Waals surface area contributed by atoms with Crippen LogP contribution in [-0.4, -0.2) is 28.3 Å². The normalized spacial score (nSPS) is 16.7. The summed E-state index contributed by atoms with van der Waals surface area (Å²) < 4.78 is -0.645. The molecule has 3 unspecified atom stereocenters. The molecule has 0 aromatic heterocycles. The maximum Gasteiger partial charge on any atom is 0.258 e. The van der Waals surface area contributed by atoms with E-state index in [0.29, 0.717) is 11.2 Å². The van der Waals surface area contributed by atoms with Gasteiger partial charge in [-0.15, -0.1) is 23.4 Å². The van der Waals surface area contributed by atoms with Crippen LogP contribution in [0.1, 0.15) is 78.6 Å². The number of amides is 1. The monoisotopic (exact) mass is 452 g/mol. The molecule has 1 saturated carbocycles. The lowest BCUT2D eigenvalue weighted by atomic mass is 10.00. The number of alkyl halides is 1. The maximum absolute atomic E-state index is 13.3. The van der Waals surface area contributed by atoms with Crippen molar-refractivity contribution in [3.05, 3.63) is 30.3 Å². The van der Waals surface area contributed by atoms with Crippen LogP contribution < -0.4 is 4.90 Å². The quantitative estimate of drug-likeness (QED) is 0.137. The van der Waals surface area contributed by atoms with Gasteiger partial charge in [0.1, 0.15) is 0 Å². The van der Waals surface area contributed by atoms with Gasteiger partial charge in [0.25, 0.3) is 5.91 Å². The average molecular weight is 453 g/mol. The number of nitrogens with zero attached hydrogens (tertiary/aromatic N) is 2. The van der Waals surface area contributed by atoms with Crippen LogP contribution in [0.5, 0.6) is 0 Å². The molecule has 0 saturated heterocycles. The summed E-state index contributed by atoms with van der Waals surface area (Å²) in [5.74, 6) is 0.388. The van der Waals surface area contributed by atoms with E-state index >= 15 is 0 Å². The van der Waals surface area contributed by atoms with Gasteiger partial charge < -0.3 is 4.84 Å². The van der Waals surface area contributed by atoms with E-state index in [4.69, 9.17) is 16.4 Å². The van der Waals surface area contributed by atoms with Gasteiger partial charge in [0.15, 0.2) is 11.4 Å². The molecule has 1 fully saturated rings. The number of halogens is 1. The second-order valence-electron chi connectivity index (χ2n) is 8.10. The number of thioether (sulfide) groups is 1. The molecule has 2 rings (SSSR count). The van der Waals surface area contributed by atoms with Crippen molar-refractivity contribution in [1.82, 2.24) is 0 Å². The zero-order valence-corrected chi connectivity index (χ0v) is 20.3. The largest absolute Gasteiger partial charge is 0.373 e. The first-order chi connectivity index (χ1) is 14.6. The van der Waals surface area contributed by atoms with Crippen LogP contribution in [0.2, 0.25) is 0 Å². The first kappa shape index (κ1) is 25.1. The molecule has 1 aromatic carbocycles. The molecule has 0 spiro atoms. The predicted molar refractivity (Wildman–Crippen MR) is 130 cm³/mol. The molecule has 6 heteroatoms. The molecular formula is C24H37ClN2O2S. The fourth-order valence-electron chi connectivity index (χ4n) is 3.60. The summed E-state index contributed by atoms with van der Waals surface area (Å²) in [5.41, 5.74) is 1.87. The Morgan fingerprint density at radius 3 is 2.53 bits per heavy atom. The van der Waals surface area contributed by atoms with Crippen molar-refractivity contribution in [1.29, 1.82) is 0 Å². The second kappa shape index (κ2) is 14.0. The van der Waals surface area contributed by atoms with E-state index in [2.05, 4.69) is 25.9 Å². The molecule has 4 nitrogen and oxygen atoms in total. The highest BCUT2D eigenvalue weighted by molar-refractivity contribution is 8.02. The third-order valence-electron chi connectivity index (χ3n) is 5.75. The summed E-state index contributed by atoms with van der Waals surface area (Å²) >= 11 is 8.27. The standard InChI is InChI=1S/C24H37ClN2O2S/c1-4-6-8-17-22(19(3)5-2)30-23(25)24(28)27(21-15-9-7-10-16-21)18-29-26-20-13-11-12-14-20/h7,9-10,15-16,19,22-23H,4-6,8,11-14,17-18H2,1-3H3. The SMILES string of the molecule is CCCCCC(SC(Cl)C(=O)N(CON=C1CCCC1)c1ccccc1)C(C)CC. The smallest absolute Gasteiger partial charge is 0.258 e. The third-order valence-corrected chi connectivity index (χ3v) is 7.74. The highest BCUT2D eigenvalue weighted by atomic mass is 35.5. The Hall–Kier alpha value is -1.20. The zero-order valence-electron chi connectivity index (χ0n) is 18.7. The topological polar surface area (TPSA) is 41.9 Å². The molecule has 3 atom stereocenters. The number of oxime groups is 1. The van der Waals surface area contributed by atoms with Crippen molar-refractivity contribution < 1.29 is 9.63 Å². The fourth-order valence-corrected chi connectivity index (χ4v) is 5.43. The molecule has 0 radical (unpaired) electrons. The van der Waals surface area contributed by atoms with Crippen LogP contribution in [-0.2, 0) is 9.63 Å². The molecule has 1 amide bonds. The number of hydrogen-bond donors (Lipinski definition) is 0. The molecule has 1 aliphatic rings. The molecule has 30 heavy (non-hydrogen) atoms. The Kier molecular flexibility index (Phi) is 11.7. The third kappa shape index (κ3) is 8.14. The molecule has 0 N–H and O–H groups in total. The van der Waals surface area contributed by atoms with Crippen LogP contribution >= 0.6 is 23.4 Å². The Morgan fingerprint density at radius 1 is 1.20 bits per heavy atom. The van der Waals surface area contributed by atoms with Gasteiger partial charge in [0, 0.05) is 10.9 Å². The molecule has 0 heterocycles. The van der Waals surface area contributed by atoms with Crippen LogP contribution in [0, 0.1) is 5.92 Å². The zero-order chi connectivity index (χ0) is 21.8. The van der Waals surface area contributed by atoms with Gasteiger partial charge in [-0.25, -0.2) is 0 Å². The summed E-state index contributed by atoms with van der Waals surface area (Å²) in [7, 11) is 0. The minimum absolute atomic E-state index is 0.0833. The van der Waals surface area contributed by atoms with Gasteiger partial charge >= 0.3 is 0 Å².